The number of Topliss-reactive ketones (excluding diaryl/α,β-unsaturated/α-hetero) is 1. The molecule has 132 valence electrons. The second-order valence-electron chi connectivity index (χ2n) is 5.56. The summed E-state index contributed by atoms with van der Waals surface area (Å²) >= 11 is 0. The molecule has 1 heterocycles. The number of aromatic nitrogens is 1. The first-order valence-corrected chi connectivity index (χ1v) is 7.65. The molecule has 0 unspecified atom stereocenters. The van der Waals surface area contributed by atoms with E-state index < -0.39 is 0 Å². The molecule has 0 atom stereocenters. The molecule has 2 aromatic rings. The predicted molar refractivity (Wildman–Crippen MR) is 95.7 cm³/mol. The van der Waals surface area contributed by atoms with Crippen LogP contribution < -0.4 is 19.7 Å². The van der Waals surface area contributed by atoms with Gasteiger partial charge >= 0.3 is 0 Å². The molecule has 1 N–H and O–H groups in total. The number of nitrogens with zero attached hydrogens (tertiary/aromatic N) is 2. The zero-order chi connectivity index (χ0) is 18.4. The standard InChI is InChI=1S/C18H21N3O4/c1-12(22)13-5-7-15(16(9-13)24-4)25-11-18(23)20-14-6-8-17(19-10-14)21(2)3/h5-10H,11H2,1-4H3,(H,20,23). The van der Waals surface area contributed by atoms with Crippen molar-refractivity contribution in [2.24, 2.45) is 0 Å². The maximum absolute atomic E-state index is 12.0. The van der Waals surface area contributed by atoms with E-state index in [0.29, 0.717) is 22.7 Å². The fourth-order valence-electron chi connectivity index (χ4n) is 2.07. The van der Waals surface area contributed by atoms with Crippen LogP contribution in [0.2, 0.25) is 0 Å². The van der Waals surface area contributed by atoms with Crippen LogP contribution in [0.4, 0.5) is 11.5 Å². The number of benzene rings is 1. The molecule has 0 bridgehead atoms. The van der Waals surface area contributed by atoms with Gasteiger partial charge in [-0.1, -0.05) is 0 Å². The van der Waals surface area contributed by atoms with Crippen molar-refractivity contribution < 1.29 is 19.1 Å². The first-order chi connectivity index (χ1) is 11.9. The molecule has 7 heteroatoms. The number of hydrogen-bond donors (Lipinski definition) is 1. The third-order valence-corrected chi connectivity index (χ3v) is 3.42. The number of carbonyl (C=O) groups is 2. The van der Waals surface area contributed by atoms with Crippen molar-refractivity contribution in [2.75, 3.05) is 38.0 Å². The Morgan fingerprint density at radius 2 is 1.92 bits per heavy atom. The Morgan fingerprint density at radius 1 is 1.16 bits per heavy atom. The fraction of sp³-hybridized carbons (Fsp3) is 0.278. The Kier molecular flexibility index (Phi) is 5.94. The SMILES string of the molecule is COc1cc(C(C)=O)ccc1OCC(=O)Nc1ccc(N(C)C)nc1. The van der Waals surface area contributed by atoms with Gasteiger partial charge in [0.1, 0.15) is 5.82 Å². The van der Waals surface area contributed by atoms with E-state index in [0.717, 1.165) is 5.82 Å². The number of ketones is 1. The molecule has 0 aliphatic heterocycles. The predicted octanol–water partition coefficient (Wildman–Crippen LogP) is 2.38. The minimum atomic E-state index is -0.322. The second-order valence-corrected chi connectivity index (χ2v) is 5.56. The third-order valence-electron chi connectivity index (χ3n) is 3.42. The van der Waals surface area contributed by atoms with Gasteiger partial charge in [-0.15, -0.1) is 0 Å². The first-order valence-electron chi connectivity index (χ1n) is 7.65. The summed E-state index contributed by atoms with van der Waals surface area (Å²) in [5.74, 6) is 1.19. The number of ether oxygens (including phenoxy) is 2. The lowest BCUT2D eigenvalue weighted by molar-refractivity contribution is -0.118. The first kappa shape index (κ1) is 18.3. The van der Waals surface area contributed by atoms with E-state index in [9.17, 15) is 9.59 Å². The van der Waals surface area contributed by atoms with Gasteiger partial charge in [-0.25, -0.2) is 4.98 Å². The van der Waals surface area contributed by atoms with Crippen molar-refractivity contribution in [3.8, 4) is 11.5 Å². The van der Waals surface area contributed by atoms with Gasteiger partial charge in [-0.2, -0.15) is 0 Å². The summed E-state index contributed by atoms with van der Waals surface area (Å²) in [7, 11) is 5.25. The van der Waals surface area contributed by atoms with Gasteiger partial charge in [-0.05, 0) is 37.3 Å². The van der Waals surface area contributed by atoms with E-state index >= 15 is 0 Å². The Morgan fingerprint density at radius 3 is 2.48 bits per heavy atom. The number of pyridine rings is 1. The zero-order valence-electron chi connectivity index (χ0n) is 14.7. The fourth-order valence-corrected chi connectivity index (χ4v) is 2.07. The average Bonchev–Trinajstić information content (AvgIpc) is 2.60. The quantitative estimate of drug-likeness (QED) is 0.778. The van der Waals surface area contributed by atoms with E-state index in [-0.39, 0.29) is 18.3 Å². The molecule has 0 aliphatic carbocycles. The number of amides is 1. The lowest BCUT2D eigenvalue weighted by Gasteiger charge is -2.13. The highest BCUT2D eigenvalue weighted by Crippen LogP contribution is 2.28. The van der Waals surface area contributed by atoms with Crippen LogP contribution in [0, 0.1) is 0 Å². The number of methoxy groups -OCH3 is 1. The summed E-state index contributed by atoms with van der Waals surface area (Å²) in [6, 6.07) is 8.39. The van der Waals surface area contributed by atoms with E-state index in [1.807, 2.05) is 19.0 Å². The largest absolute Gasteiger partial charge is 0.493 e. The number of anilines is 2. The normalized spacial score (nSPS) is 10.1. The number of rotatable bonds is 7. The summed E-state index contributed by atoms with van der Waals surface area (Å²) in [5, 5.41) is 2.71. The second kappa shape index (κ2) is 8.14. The van der Waals surface area contributed by atoms with Crippen molar-refractivity contribution >= 4 is 23.2 Å². The van der Waals surface area contributed by atoms with E-state index in [1.165, 1.54) is 14.0 Å². The third kappa shape index (κ3) is 4.94. The maximum atomic E-state index is 12.0. The van der Waals surface area contributed by atoms with Gasteiger partial charge in [0.15, 0.2) is 23.9 Å². The van der Waals surface area contributed by atoms with Crippen LogP contribution in [0.1, 0.15) is 17.3 Å². The Hall–Kier alpha value is -3.09. The van der Waals surface area contributed by atoms with Gasteiger partial charge in [-0.3, -0.25) is 9.59 Å². The summed E-state index contributed by atoms with van der Waals surface area (Å²) in [5.41, 5.74) is 1.10. The highest BCUT2D eigenvalue weighted by atomic mass is 16.5. The Bertz CT molecular complexity index is 757. The molecule has 0 saturated carbocycles. The highest BCUT2D eigenvalue weighted by molar-refractivity contribution is 5.95. The summed E-state index contributed by atoms with van der Waals surface area (Å²) in [6.07, 6.45) is 1.58. The molecule has 0 spiro atoms. The van der Waals surface area contributed by atoms with E-state index in [2.05, 4.69) is 10.3 Å². The van der Waals surface area contributed by atoms with Gasteiger partial charge < -0.3 is 19.7 Å². The molecule has 1 aromatic carbocycles. The van der Waals surface area contributed by atoms with Crippen LogP contribution in [0.5, 0.6) is 11.5 Å². The molecule has 0 radical (unpaired) electrons. The van der Waals surface area contributed by atoms with Gasteiger partial charge in [0.2, 0.25) is 0 Å². The minimum absolute atomic E-state index is 0.0729. The molecule has 1 aromatic heterocycles. The van der Waals surface area contributed by atoms with Gasteiger partial charge in [0, 0.05) is 19.7 Å². The molecule has 25 heavy (non-hydrogen) atoms. The highest BCUT2D eigenvalue weighted by Gasteiger charge is 2.11. The van der Waals surface area contributed by atoms with Gasteiger partial charge in [0.05, 0.1) is 19.0 Å². The number of nitrogens with one attached hydrogen (secondary N) is 1. The van der Waals surface area contributed by atoms with Crippen molar-refractivity contribution in [3.05, 3.63) is 42.1 Å². The van der Waals surface area contributed by atoms with Crippen LogP contribution >= 0.6 is 0 Å². The summed E-state index contributed by atoms with van der Waals surface area (Å²) < 4.78 is 10.7. The van der Waals surface area contributed by atoms with E-state index in [4.69, 9.17) is 9.47 Å². The average molecular weight is 343 g/mol. The van der Waals surface area contributed by atoms with Crippen LogP contribution in [-0.4, -0.2) is 44.5 Å². The van der Waals surface area contributed by atoms with Crippen LogP contribution in [0.3, 0.4) is 0 Å². The van der Waals surface area contributed by atoms with E-state index in [1.54, 1.807) is 36.5 Å². The monoisotopic (exact) mass is 343 g/mol. The van der Waals surface area contributed by atoms with Crippen molar-refractivity contribution in [1.82, 2.24) is 4.98 Å². The Labute approximate surface area is 146 Å². The molecular formula is C18H21N3O4. The van der Waals surface area contributed by atoms with Crippen LogP contribution in [0.15, 0.2) is 36.5 Å². The van der Waals surface area contributed by atoms with Crippen LogP contribution in [0.25, 0.3) is 0 Å². The lowest BCUT2D eigenvalue weighted by atomic mass is 10.1. The van der Waals surface area contributed by atoms with Crippen LogP contribution in [-0.2, 0) is 4.79 Å². The summed E-state index contributed by atoms with van der Waals surface area (Å²) in [6.45, 7) is 1.28. The molecule has 0 fully saturated rings. The maximum Gasteiger partial charge on any atom is 0.262 e. The summed E-state index contributed by atoms with van der Waals surface area (Å²) in [4.78, 5) is 29.5. The molecule has 0 saturated heterocycles. The molecule has 1 amide bonds. The molecule has 2 rings (SSSR count). The van der Waals surface area contributed by atoms with Crippen molar-refractivity contribution in [3.63, 3.8) is 0 Å². The Balaban J connectivity index is 1.96. The van der Waals surface area contributed by atoms with Crippen molar-refractivity contribution in [1.29, 1.82) is 0 Å². The lowest BCUT2D eigenvalue weighted by Crippen LogP contribution is -2.20. The molecule has 0 aliphatic rings. The topological polar surface area (TPSA) is 80.8 Å². The van der Waals surface area contributed by atoms with Crippen molar-refractivity contribution in [2.45, 2.75) is 6.92 Å². The molecule has 7 nitrogen and oxygen atoms in total. The molecular weight excluding hydrogens is 322 g/mol. The van der Waals surface area contributed by atoms with Gasteiger partial charge in [0.25, 0.3) is 5.91 Å². The smallest absolute Gasteiger partial charge is 0.262 e. The number of carbonyl (C=O) groups excluding carboxylic acids is 2. The number of hydrogen-bond acceptors (Lipinski definition) is 6. The zero-order valence-corrected chi connectivity index (χ0v) is 14.7. The minimum Gasteiger partial charge on any atom is -0.493 e.